The molecule has 0 bridgehead atoms. The van der Waals surface area contributed by atoms with E-state index in [-0.39, 0.29) is 6.03 Å². The standard InChI is InChI=1S/C21H25Cl2N3O/c22-19-6-3-4-17(12-19)15-26(14-16-8-10-24-11-9-16)21(27)25-13-18-5-1-2-7-20(18)23/h1-7,12,16,24H,8-11,13-15H2,(H,25,27). The second kappa shape index (κ2) is 9.98. The van der Waals surface area contributed by atoms with Crippen molar-refractivity contribution in [2.45, 2.75) is 25.9 Å². The van der Waals surface area contributed by atoms with Crippen LogP contribution in [0.5, 0.6) is 0 Å². The van der Waals surface area contributed by atoms with Crippen LogP contribution in [-0.4, -0.2) is 30.6 Å². The summed E-state index contributed by atoms with van der Waals surface area (Å²) in [5.74, 6) is 0.511. The Hall–Kier alpha value is -1.75. The van der Waals surface area contributed by atoms with Crippen molar-refractivity contribution in [2.75, 3.05) is 19.6 Å². The van der Waals surface area contributed by atoms with Crippen LogP contribution in [0.4, 0.5) is 4.79 Å². The number of piperidine rings is 1. The molecule has 6 heteroatoms. The molecule has 0 saturated carbocycles. The van der Waals surface area contributed by atoms with Gasteiger partial charge in [0.2, 0.25) is 0 Å². The Morgan fingerprint density at radius 1 is 1.11 bits per heavy atom. The molecule has 1 aliphatic rings. The molecule has 2 N–H and O–H groups in total. The fourth-order valence-corrected chi connectivity index (χ4v) is 3.79. The summed E-state index contributed by atoms with van der Waals surface area (Å²) in [6.07, 6.45) is 2.17. The van der Waals surface area contributed by atoms with Crippen molar-refractivity contribution in [3.05, 3.63) is 69.7 Å². The molecule has 27 heavy (non-hydrogen) atoms. The number of hydrogen-bond donors (Lipinski definition) is 2. The number of benzene rings is 2. The lowest BCUT2D eigenvalue weighted by atomic mass is 9.97. The maximum absolute atomic E-state index is 12.9. The topological polar surface area (TPSA) is 44.4 Å². The van der Waals surface area contributed by atoms with E-state index in [1.165, 1.54) is 0 Å². The Labute approximate surface area is 170 Å². The molecule has 144 valence electrons. The van der Waals surface area contributed by atoms with Gasteiger partial charge in [-0.05, 0) is 61.2 Å². The van der Waals surface area contributed by atoms with Gasteiger partial charge in [0.15, 0.2) is 0 Å². The Kier molecular flexibility index (Phi) is 7.39. The largest absolute Gasteiger partial charge is 0.334 e. The first-order valence-electron chi connectivity index (χ1n) is 9.33. The molecule has 0 unspecified atom stereocenters. The highest BCUT2D eigenvalue weighted by molar-refractivity contribution is 6.31. The minimum absolute atomic E-state index is 0.0755. The minimum atomic E-state index is -0.0755. The van der Waals surface area contributed by atoms with E-state index in [0.717, 1.165) is 43.6 Å². The van der Waals surface area contributed by atoms with Crippen LogP contribution in [0.25, 0.3) is 0 Å². The summed E-state index contributed by atoms with van der Waals surface area (Å²) in [7, 11) is 0. The number of carbonyl (C=O) groups excluding carboxylic acids is 1. The number of nitrogens with zero attached hydrogens (tertiary/aromatic N) is 1. The van der Waals surface area contributed by atoms with Crippen molar-refractivity contribution in [1.29, 1.82) is 0 Å². The molecule has 4 nitrogen and oxygen atoms in total. The highest BCUT2D eigenvalue weighted by Crippen LogP contribution is 2.18. The van der Waals surface area contributed by atoms with Gasteiger partial charge in [-0.2, -0.15) is 0 Å². The average Bonchev–Trinajstić information content (AvgIpc) is 2.67. The smallest absolute Gasteiger partial charge is 0.317 e. The molecule has 3 rings (SSSR count). The Morgan fingerprint density at radius 2 is 1.89 bits per heavy atom. The molecule has 0 radical (unpaired) electrons. The summed E-state index contributed by atoms with van der Waals surface area (Å²) in [6, 6.07) is 15.2. The third-order valence-electron chi connectivity index (χ3n) is 4.87. The van der Waals surface area contributed by atoms with Gasteiger partial charge in [0, 0.05) is 29.7 Å². The second-order valence-electron chi connectivity index (χ2n) is 6.95. The van der Waals surface area contributed by atoms with E-state index < -0.39 is 0 Å². The highest BCUT2D eigenvalue weighted by Gasteiger charge is 2.21. The molecule has 1 saturated heterocycles. The molecule has 0 atom stereocenters. The molecular formula is C21H25Cl2N3O. The number of nitrogens with one attached hydrogen (secondary N) is 2. The summed E-state index contributed by atoms with van der Waals surface area (Å²) >= 11 is 12.3. The summed E-state index contributed by atoms with van der Waals surface area (Å²) in [6.45, 7) is 3.71. The van der Waals surface area contributed by atoms with Crippen LogP contribution in [-0.2, 0) is 13.1 Å². The van der Waals surface area contributed by atoms with E-state index in [1.54, 1.807) is 0 Å². The number of rotatable bonds is 6. The Morgan fingerprint density at radius 3 is 2.63 bits per heavy atom. The van der Waals surface area contributed by atoms with E-state index in [1.807, 2.05) is 53.4 Å². The Bertz CT molecular complexity index is 763. The van der Waals surface area contributed by atoms with Gasteiger partial charge in [-0.3, -0.25) is 0 Å². The molecule has 2 aromatic rings. The number of amides is 2. The maximum atomic E-state index is 12.9. The monoisotopic (exact) mass is 405 g/mol. The first kappa shape index (κ1) is 20.0. The molecule has 0 aliphatic carbocycles. The van der Waals surface area contributed by atoms with E-state index >= 15 is 0 Å². The van der Waals surface area contributed by atoms with E-state index in [9.17, 15) is 4.79 Å². The predicted octanol–water partition coefficient (Wildman–Crippen LogP) is 4.70. The molecule has 0 spiro atoms. The van der Waals surface area contributed by atoms with E-state index in [4.69, 9.17) is 23.2 Å². The average molecular weight is 406 g/mol. The quantitative estimate of drug-likeness (QED) is 0.730. The second-order valence-corrected chi connectivity index (χ2v) is 7.80. The van der Waals surface area contributed by atoms with Crippen molar-refractivity contribution in [1.82, 2.24) is 15.5 Å². The van der Waals surface area contributed by atoms with Crippen LogP contribution < -0.4 is 10.6 Å². The maximum Gasteiger partial charge on any atom is 0.317 e. The van der Waals surface area contributed by atoms with Crippen molar-refractivity contribution in [3.8, 4) is 0 Å². The molecular weight excluding hydrogens is 381 g/mol. The van der Waals surface area contributed by atoms with Crippen LogP contribution in [0.3, 0.4) is 0 Å². The van der Waals surface area contributed by atoms with Crippen LogP contribution in [0.2, 0.25) is 10.0 Å². The molecule has 2 amide bonds. The van der Waals surface area contributed by atoms with Crippen molar-refractivity contribution in [2.24, 2.45) is 5.92 Å². The Balaban J connectivity index is 1.67. The SMILES string of the molecule is O=C(NCc1ccccc1Cl)N(Cc1cccc(Cl)c1)CC1CCNCC1. The van der Waals surface area contributed by atoms with Crippen LogP contribution in [0.15, 0.2) is 48.5 Å². The first-order valence-corrected chi connectivity index (χ1v) is 10.1. The van der Waals surface area contributed by atoms with Gasteiger partial charge in [0.1, 0.15) is 0 Å². The molecule has 1 fully saturated rings. The lowest BCUT2D eigenvalue weighted by molar-refractivity contribution is 0.176. The number of halogens is 2. The van der Waals surface area contributed by atoms with Crippen molar-refractivity contribution < 1.29 is 4.79 Å². The molecule has 2 aromatic carbocycles. The van der Waals surface area contributed by atoms with Gasteiger partial charge in [-0.25, -0.2) is 4.79 Å². The van der Waals surface area contributed by atoms with Gasteiger partial charge in [-0.15, -0.1) is 0 Å². The van der Waals surface area contributed by atoms with Gasteiger partial charge in [0.25, 0.3) is 0 Å². The summed E-state index contributed by atoms with van der Waals surface area (Å²) in [5.41, 5.74) is 1.95. The minimum Gasteiger partial charge on any atom is -0.334 e. The lowest BCUT2D eigenvalue weighted by Crippen LogP contribution is -2.43. The van der Waals surface area contributed by atoms with Gasteiger partial charge < -0.3 is 15.5 Å². The van der Waals surface area contributed by atoms with E-state index in [0.29, 0.717) is 29.1 Å². The van der Waals surface area contributed by atoms with Gasteiger partial charge in [-0.1, -0.05) is 53.5 Å². The molecule has 1 aliphatic heterocycles. The highest BCUT2D eigenvalue weighted by atomic mass is 35.5. The molecule has 1 heterocycles. The molecule has 0 aromatic heterocycles. The zero-order chi connectivity index (χ0) is 19.1. The van der Waals surface area contributed by atoms with Crippen LogP contribution in [0, 0.1) is 5.92 Å². The normalized spacial score (nSPS) is 14.7. The summed E-state index contributed by atoms with van der Waals surface area (Å²) in [5, 5.41) is 7.74. The first-order chi connectivity index (χ1) is 13.1. The van der Waals surface area contributed by atoms with Crippen LogP contribution in [0.1, 0.15) is 24.0 Å². The zero-order valence-electron chi connectivity index (χ0n) is 15.3. The summed E-state index contributed by atoms with van der Waals surface area (Å²) < 4.78 is 0. The zero-order valence-corrected chi connectivity index (χ0v) is 16.8. The fraction of sp³-hybridized carbons (Fsp3) is 0.381. The van der Waals surface area contributed by atoms with Gasteiger partial charge in [0.05, 0.1) is 0 Å². The number of hydrogen-bond acceptors (Lipinski definition) is 2. The predicted molar refractivity (Wildman–Crippen MR) is 111 cm³/mol. The van der Waals surface area contributed by atoms with Crippen molar-refractivity contribution in [3.63, 3.8) is 0 Å². The summed E-state index contributed by atoms with van der Waals surface area (Å²) in [4.78, 5) is 14.8. The van der Waals surface area contributed by atoms with E-state index in [2.05, 4.69) is 10.6 Å². The van der Waals surface area contributed by atoms with Gasteiger partial charge >= 0.3 is 6.03 Å². The number of carbonyl (C=O) groups is 1. The third-order valence-corrected chi connectivity index (χ3v) is 5.48. The third kappa shape index (κ3) is 6.13. The number of urea groups is 1. The van der Waals surface area contributed by atoms with Crippen molar-refractivity contribution >= 4 is 29.2 Å². The lowest BCUT2D eigenvalue weighted by Gasteiger charge is -2.30. The fourth-order valence-electron chi connectivity index (χ4n) is 3.38. The van der Waals surface area contributed by atoms with Crippen LogP contribution >= 0.6 is 23.2 Å².